The number of hydrogen-bond acceptors (Lipinski definition) is 3. The Morgan fingerprint density at radius 3 is 2.22 bits per heavy atom. The molecule has 0 radical (unpaired) electrons. The van der Waals surface area contributed by atoms with Gasteiger partial charge in [-0.1, -0.05) is 27.8 Å². The zero-order valence-electron chi connectivity index (χ0n) is 15.5. The Hall–Kier alpha value is -2.47. The number of hydrogen-bond donors (Lipinski definition) is 0. The molecule has 0 atom stereocenters. The van der Waals surface area contributed by atoms with Gasteiger partial charge in [0, 0.05) is 36.3 Å². The molecule has 0 amide bonds. The molecule has 0 bridgehead atoms. The Labute approximate surface area is 169 Å². The Kier molecular flexibility index (Phi) is 7.73. The van der Waals surface area contributed by atoms with Gasteiger partial charge in [0.1, 0.15) is 11.6 Å². The van der Waals surface area contributed by atoms with Crippen molar-refractivity contribution in [3.8, 4) is 30.4 Å². The molecular weight excluding hydrogens is 407 g/mol. The second kappa shape index (κ2) is 10.0. The fourth-order valence-corrected chi connectivity index (χ4v) is 3.01. The van der Waals surface area contributed by atoms with E-state index in [9.17, 15) is 4.39 Å². The van der Waals surface area contributed by atoms with Gasteiger partial charge in [-0.2, -0.15) is 0 Å². The lowest BCUT2D eigenvalue weighted by molar-refractivity contribution is 0.313. The standard InChI is InChI=1S/C14H18N2O.C8H4BrF/c1-4-12-11-13(5-6-14(12)17-3)16-9-7-15(2)8-10-16;1-2-6-3-4-7(9)5-8(6)10/h1,5-6,11H,7-10H2,2-3H3;1,3-5H. The van der Waals surface area contributed by atoms with Crippen LogP contribution >= 0.6 is 15.9 Å². The first-order valence-corrected chi connectivity index (χ1v) is 9.27. The highest BCUT2D eigenvalue weighted by Gasteiger charge is 2.15. The van der Waals surface area contributed by atoms with E-state index >= 15 is 0 Å². The molecule has 0 aliphatic carbocycles. The molecule has 1 saturated heterocycles. The summed E-state index contributed by atoms with van der Waals surface area (Å²) in [5, 5.41) is 0. The van der Waals surface area contributed by atoms with Gasteiger partial charge in [-0.15, -0.1) is 12.8 Å². The highest BCUT2D eigenvalue weighted by Crippen LogP contribution is 2.25. The summed E-state index contributed by atoms with van der Waals surface area (Å²) in [4.78, 5) is 4.70. The molecule has 0 unspecified atom stereocenters. The van der Waals surface area contributed by atoms with Crippen LogP contribution in [0.15, 0.2) is 40.9 Å². The summed E-state index contributed by atoms with van der Waals surface area (Å²) >= 11 is 3.12. The molecule has 1 heterocycles. The minimum absolute atomic E-state index is 0.295. The zero-order valence-corrected chi connectivity index (χ0v) is 17.1. The van der Waals surface area contributed by atoms with Gasteiger partial charge in [0.05, 0.1) is 18.2 Å². The second-order valence-electron chi connectivity index (χ2n) is 6.09. The number of benzene rings is 2. The molecule has 0 spiro atoms. The predicted molar refractivity (Wildman–Crippen MR) is 113 cm³/mol. The van der Waals surface area contributed by atoms with Gasteiger partial charge in [0.25, 0.3) is 0 Å². The molecule has 2 aromatic rings. The number of anilines is 1. The average molecular weight is 429 g/mol. The van der Waals surface area contributed by atoms with E-state index in [1.165, 1.54) is 11.8 Å². The van der Waals surface area contributed by atoms with Gasteiger partial charge >= 0.3 is 0 Å². The van der Waals surface area contributed by atoms with E-state index in [1.807, 2.05) is 12.1 Å². The third-order valence-corrected chi connectivity index (χ3v) is 4.79. The van der Waals surface area contributed by atoms with Crippen LogP contribution in [0, 0.1) is 30.5 Å². The van der Waals surface area contributed by atoms with Crippen molar-refractivity contribution in [2.24, 2.45) is 0 Å². The third-order valence-electron chi connectivity index (χ3n) is 4.29. The monoisotopic (exact) mass is 428 g/mol. The number of halogens is 2. The van der Waals surface area contributed by atoms with Crippen molar-refractivity contribution in [2.45, 2.75) is 0 Å². The molecule has 140 valence electrons. The molecule has 1 aliphatic heterocycles. The van der Waals surface area contributed by atoms with Crippen LogP contribution in [0.5, 0.6) is 5.75 Å². The molecule has 3 nitrogen and oxygen atoms in total. The number of ether oxygens (including phenoxy) is 1. The van der Waals surface area contributed by atoms with Crippen LogP contribution < -0.4 is 9.64 Å². The molecule has 0 saturated carbocycles. The van der Waals surface area contributed by atoms with Crippen LogP contribution in [0.25, 0.3) is 0 Å². The molecule has 3 rings (SSSR count). The van der Waals surface area contributed by atoms with Crippen LogP contribution in [-0.4, -0.2) is 45.2 Å². The Bertz CT molecular complexity index is 862. The topological polar surface area (TPSA) is 15.7 Å². The quantitative estimate of drug-likeness (QED) is 0.672. The molecule has 1 aliphatic rings. The van der Waals surface area contributed by atoms with E-state index in [4.69, 9.17) is 17.6 Å². The molecule has 0 aromatic heterocycles. The fourth-order valence-electron chi connectivity index (χ4n) is 2.68. The van der Waals surface area contributed by atoms with Crippen LogP contribution in [0.4, 0.5) is 10.1 Å². The van der Waals surface area contributed by atoms with Crippen molar-refractivity contribution >= 4 is 21.6 Å². The SMILES string of the molecule is C#Cc1cc(N2CCN(C)CC2)ccc1OC.C#Cc1ccc(Br)cc1F. The summed E-state index contributed by atoms with van der Waals surface area (Å²) in [6.45, 7) is 4.29. The lowest BCUT2D eigenvalue weighted by Crippen LogP contribution is -2.44. The van der Waals surface area contributed by atoms with Crippen molar-refractivity contribution in [3.63, 3.8) is 0 Å². The molecule has 5 heteroatoms. The first kappa shape index (κ1) is 20.8. The summed E-state index contributed by atoms with van der Waals surface area (Å²) < 4.78 is 18.6. The Morgan fingerprint density at radius 1 is 1.00 bits per heavy atom. The van der Waals surface area contributed by atoms with Crippen molar-refractivity contribution in [2.75, 3.05) is 45.2 Å². The number of methoxy groups -OCH3 is 1. The number of rotatable bonds is 2. The van der Waals surface area contributed by atoms with E-state index in [-0.39, 0.29) is 5.82 Å². The van der Waals surface area contributed by atoms with Crippen molar-refractivity contribution in [1.82, 2.24) is 4.90 Å². The molecular formula is C22H22BrFN2O. The van der Waals surface area contributed by atoms with Gasteiger partial charge < -0.3 is 14.5 Å². The van der Waals surface area contributed by atoms with Crippen molar-refractivity contribution in [3.05, 3.63) is 57.8 Å². The Morgan fingerprint density at radius 2 is 1.67 bits per heavy atom. The van der Waals surface area contributed by atoms with Crippen LogP contribution in [-0.2, 0) is 0 Å². The van der Waals surface area contributed by atoms with E-state index < -0.39 is 0 Å². The minimum Gasteiger partial charge on any atom is -0.495 e. The molecule has 2 aromatic carbocycles. The average Bonchev–Trinajstić information content (AvgIpc) is 2.68. The van der Waals surface area contributed by atoms with Crippen LogP contribution in [0.1, 0.15) is 11.1 Å². The number of nitrogens with zero attached hydrogens (tertiary/aromatic N) is 2. The summed E-state index contributed by atoms with van der Waals surface area (Å²) in [5.41, 5.74) is 2.30. The van der Waals surface area contributed by atoms with E-state index in [0.29, 0.717) is 10.0 Å². The molecule has 1 fully saturated rings. The number of piperazine rings is 1. The van der Waals surface area contributed by atoms with Crippen LogP contribution in [0.3, 0.4) is 0 Å². The summed E-state index contributed by atoms with van der Waals surface area (Å²) in [6.07, 6.45) is 10.5. The normalized spacial score (nSPS) is 13.8. The van der Waals surface area contributed by atoms with Crippen molar-refractivity contribution in [1.29, 1.82) is 0 Å². The number of likely N-dealkylation sites (N-methyl/N-ethyl adjacent to an activating group) is 1. The largest absolute Gasteiger partial charge is 0.495 e. The van der Waals surface area contributed by atoms with Gasteiger partial charge in [-0.25, -0.2) is 4.39 Å². The maximum absolute atomic E-state index is 12.7. The predicted octanol–water partition coefficient (Wildman–Crippen LogP) is 4.00. The first-order chi connectivity index (χ1) is 13.0. The van der Waals surface area contributed by atoms with Gasteiger partial charge in [0.2, 0.25) is 0 Å². The first-order valence-electron chi connectivity index (χ1n) is 8.48. The van der Waals surface area contributed by atoms with Gasteiger partial charge in [-0.05, 0) is 43.4 Å². The summed E-state index contributed by atoms with van der Waals surface area (Å²) in [5.74, 6) is 5.30. The Balaban J connectivity index is 0.000000223. The van der Waals surface area contributed by atoms with Crippen LogP contribution in [0.2, 0.25) is 0 Å². The minimum atomic E-state index is -0.364. The summed E-state index contributed by atoms with van der Waals surface area (Å²) in [6, 6.07) is 10.7. The maximum Gasteiger partial charge on any atom is 0.139 e. The van der Waals surface area contributed by atoms with Gasteiger partial charge in [0.15, 0.2) is 0 Å². The third kappa shape index (κ3) is 5.76. The highest BCUT2D eigenvalue weighted by atomic mass is 79.9. The second-order valence-corrected chi connectivity index (χ2v) is 7.00. The zero-order chi connectivity index (χ0) is 19.8. The maximum atomic E-state index is 12.7. The van der Waals surface area contributed by atoms with E-state index in [2.05, 4.69) is 50.7 Å². The lowest BCUT2D eigenvalue weighted by atomic mass is 10.1. The lowest BCUT2D eigenvalue weighted by Gasteiger charge is -2.34. The smallest absolute Gasteiger partial charge is 0.139 e. The molecule has 27 heavy (non-hydrogen) atoms. The highest BCUT2D eigenvalue weighted by molar-refractivity contribution is 9.10. The van der Waals surface area contributed by atoms with E-state index in [0.717, 1.165) is 37.5 Å². The fraction of sp³-hybridized carbons (Fsp3) is 0.273. The summed E-state index contributed by atoms with van der Waals surface area (Å²) in [7, 11) is 3.80. The van der Waals surface area contributed by atoms with E-state index in [1.54, 1.807) is 19.2 Å². The molecule has 0 N–H and O–H groups in total. The van der Waals surface area contributed by atoms with Crippen molar-refractivity contribution < 1.29 is 9.13 Å². The van der Waals surface area contributed by atoms with Gasteiger partial charge in [-0.3, -0.25) is 0 Å². The number of terminal acetylenes is 2.